The molecule has 0 amide bonds. The van der Waals surface area contributed by atoms with Crippen LogP contribution >= 0.6 is 11.5 Å². The van der Waals surface area contributed by atoms with Gasteiger partial charge in [0.1, 0.15) is 0 Å². The molecule has 0 aliphatic rings. The number of anilines is 2. The molecule has 0 atom stereocenters. The summed E-state index contributed by atoms with van der Waals surface area (Å²) in [6, 6.07) is 0. The summed E-state index contributed by atoms with van der Waals surface area (Å²) in [6.07, 6.45) is 0. The smallest absolute Gasteiger partial charge is 0.197 e. The summed E-state index contributed by atoms with van der Waals surface area (Å²) in [5.41, 5.74) is 5.74. The molecule has 1 aromatic rings. The Morgan fingerprint density at radius 1 is 1.38 bits per heavy atom. The van der Waals surface area contributed by atoms with Crippen LogP contribution in [-0.4, -0.2) is 37.8 Å². The number of nitrogen functional groups attached to an aromatic ring is 1. The van der Waals surface area contributed by atoms with E-state index in [9.17, 15) is 0 Å². The molecule has 0 radical (unpaired) electrons. The number of ether oxygens (including phenoxy) is 2. The number of nitrogens with two attached hydrogens (primary N) is 1. The van der Waals surface area contributed by atoms with Crippen LogP contribution in [0.5, 0.6) is 5.75 Å². The SMILES string of the molecule is CCOCCN(C)c1snc(N)c1OCC. The highest BCUT2D eigenvalue weighted by Crippen LogP contribution is 2.37. The molecule has 0 aliphatic carbocycles. The van der Waals surface area contributed by atoms with E-state index < -0.39 is 0 Å². The molecule has 0 saturated heterocycles. The van der Waals surface area contributed by atoms with Crippen molar-refractivity contribution in [3.63, 3.8) is 0 Å². The third kappa shape index (κ3) is 3.24. The average molecular weight is 245 g/mol. The molecule has 0 bridgehead atoms. The highest BCUT2D eigenvalue weighted by molar-refractivity contribution is 7.11. The van der Waals surface area contributed by atoms with Gasteiger partial charge in [0.2, 0.25) is 0 Å². The normalized spacial score (nSPS) is 10.4. The number of hydrogen-bond acceptors (Lipinski definition) is 6. The van der Waals surface area contributed by atoms with Crippen molar-refractivity contribution < 1.29 is 9.47 Å². The highest BCUT2D eigenvalue weighted by Gasteiger charge is 2.16. The minimum atomic E-state index is 0.463. The van der Waals surface area contributed by atoms with Crippen molar-refractivity contribution in [1.29, 1.82) is 0 Å². The standard InChI is InChI=1S/C10H19N3O2S/c1-4-14-7-6-13(3)10-8(15-5-2)9(11)12-16-10/h4-7H2,1-3H3,(H2,11,12). The number of likely N-dealkylation sites (N-methyl/N-ethyl adjacent to an activating group) is 1. The third-order valence-corrected chi connectivity index (χ3v) is 3.03. The second kappa shape index (κ2) is 6.55. The molecular weight excluding hydrogens is 226 g/mol. The molecule has 0 spiro atoms. The van der Waals surface area contributed by atoms with Crippen LogP contribution in [0.3, 0.4) is 0 Å². The Kier molecular flexibility index (Phi) is 5.34. The van der Waals surface area contributed by atoms with E-state index in [0.29, 0.717) is 24.8 Å². The van der Waals surface area contributed by atoms with E-state index in [1.807, 2.05) is 20.9 Å². The number of nitrogens with zero attached hydrogens (tertiary/aromatic N) is 2. The molecule has 0 fully saturated rings. The topological polar surface area (TPSA) is 60.6 Å². The van der Waals surface area contributed by atoms with E-state index >= 15 is 0 Å². The predicted octanol–water partition coefficient (Wildman–Crippen LogP) is 1.60. The number of aromatic nitrogens is 1. The molecule has 6 heteroatoms. The maximum absolute atomic E-state index is 5.74. The van der Waals surface area contributed by atoms with Crippen LogP contribution in [0.4, 0.5) is 10.8 Å². The lowest BCUT2D eigenvalue weighted by atomic mass is 10.5. The van der Waals surface area contributed by atoms with Crippen LogP contribution in [0.1, 0.15) is 13.8 Å². The molecule has 2 N–H and O–H groups in total. The van der Waals surface area contributed by atoms with Gasteiger partial charge in [0.25, 0.3) is 0 Å². The summed E-state index contributed by atoms with van der Waals surface area (Å²) in [5.74, 6) is 1.15. The van der Waals surface area contributed by atoms with Crippen molar-refractivity contribution in [2.45, 2.75) is 13.8 Å². The minimum Gasteiger partial charge on any atom is -0.487 e. The van der Waals surface area contributed by atoms with Crippen LogP contribution < -0.4 is 15.4 Å². The molecule has 0 unspecified atom stereocenters. The van der Waals surface area contributed by atoms with Crippen molar-refractivity contribution in [1.82, 2.24) is 4.37 Å². The zero-order valence-electron chi connectivity index (χ0n) is 10.0. The Labute approximate surface area is 100 Å². The van der Waals surface area contributed by atoms with E-state index in [2.05, 4.69) is 9.27 Å². The lowest BCUT2D eigenvalue weighted by Gasteiger charge is -2.18. The van der Waals surface area contributed by atoms with Crippen molar-refractivity contribution in [2.75, 3.05) is 44.0 Å². The first-order valence-corrected chi connectivity index (χ1v) is 6.14. The van der Waals surface area contributed by atoms with E-state index in [1.54, 1.807) is 0 Å². The van der Waals surface area contributed by atoms with Crippen LogP contribution in [0.15, 0.2) is 0 Å². The van der Waals surface area contributed by atoms with Gasteiger partial charge in [-0.1, -0.05) is 0 Å². The van der Waals surface area contributed by atoms with Crippen molar-refractivity contribution in [3.05, 3.63) is 0 Å². The third-order valence-electron chi connectivity index (χ3n) is 2.07. The largest absolute Gasteiger partial charge is 0.487 e. The van der Waals surface area contributed by atoms with Gasteiger partial charge in [-0.25, -0.2) is 0 Å². The number of rotatable bonds is 7. The van der Waals surface area contributed by atoms with E-state index in [4.69, 9.17) is 15.2 Å². The Bertz CT molecular complexity index is 317. The van der Waals surface area contributed by atoms with Crippen molar-refractivity contribution in [2.24, 2.45) is 0 Å². The quantitative estimate of drug-likeness (QED) is 0.739. The van der Waals surface area contributed by atoms with Crippen molar-refractivity contribution >= 4 is 22.4 Å². The molecule has 0 aliphatic heterocycles. The average Bonchev–Trinajstić information content (AvgIpc) is 2.62. The maximum atomic E-state index is 5.74. The lowest BCUT2D eigenvalue weighted by Crippen LogP contribution is -2.22. The van der Waals surface area contributed by atoms with Crippen LogP contribution in [0, 0.1) is 0 Å². The molecular formula is C10H19N3O2S. The van der Waals surface area contributed by atoms with Crippen LogP contribution in [-0.2, 0) is 4.74 Å². The minimum absolute atomic E-state index is 0.463. The highest BCUT2D eigenvalue weighted by atomic mass is 32.1. The fraction of sp³-hybridized carbons (Fsp3) is 0.700. The van der Waals surface area contributed by atoms with Gasteiger partial charge < -0.3 is 20.1 Å². The first kappa shape index (κ1) is 13.1. The first-order valence-electron chi connectivity index (χ1n) is 5.37. The Balaban J connectivity index is 2.63. The second-order valence-corrected chi connectivity index (χ2v) is 4.01. The maximum Gasteiger partial charge on any atom is 0.197 e. The van der Waals surface area contributed by atoms with E-state index in [-0.39, 0.29) is 0 Å². The van der Waals surface area contributed by atoms with Gasteiger partial charge in [-0.3, -0.25) is 0 Å². The molecule has 0 saturated carbocycles. The first-order chi connectivity index (χ1) is 7.70. The van der Waals surface area contributed by atoms with Gasteiger partial charge in [-0.05, 0) is 25.4 Å². The summed E-state index contributed by atoms with van der Waals surface area (Å²) in [4.78, 5) is 2.05. The number of hydrogen-bond donors (Lipinski definition) is 1. The van der Waals surface area contributed by atoms with Gasteiger partial charge in [-0.15, -0.1) is 0 Å². The van der Waals surface area contributed by atoms with Gasteiger partial charge in [-0.2, -0.15) is 4.37 Å². The summed E-state index contributed by atoms with van der Waals surface area (Å²) < 4.78 is 14.9. The summed E-state index contributed by atoms with van der Waals surface area (Å²) in [6.45, 7) is 6.73. The zero-order chi connectivity index (χ0) is 12.0. The second-order valence-electron chi connectivity index (χ2n) is 3.25. The molecule has 1 aromatic heterocycles. The van der Waals surface area contributed by atoms with Gasteiger partial charge in [0.05, 0.1) is 13.2 Å². The Morgan fingerprint density at radius 3 is 2.75 bits per heavy atom. The van der Waals surface area contributed by atoms with Crippen LogP contribution in [0.25, 0.3) is 0 Å². The van der Waals surface area contributed by atoms with Crippen molar-refractivity contribution in [3.8, 4) is 5.75 Å². The zero-order valence-corrected chi connectivity index (χ0v) is 10.8. The molecule has 5 nitrogen and oxygen atoms in total. The monoisotopic (exact) mass is 245 g/mol. The summed E-state index contributed by atoms with van der Waals surface area (Å²) in [5, 5.41) is 0.957. The van der Waals surface area contributed by atoms with E-state index in [1.165, 1.54) is 11.5 Å². The summed E-state index contributed by atoms with van der Waals surface area (Å²) >= 11 is 1.35. The Hall–Kier alpha value is -1.01. The van der Waals surface area contributed by atoms with Crippen LogP contribution in [0.2, 0.25) is 0 Å². The molecule has 0 aromatic carbocycles. The molecule has 1 heterocycles. The molecule has 92 valence electrons. The summed E-state index contributed by atoms with van der Waals surface area (Å²) in [7, 11) is 1.98. The lowest BCUT2D eigenvalue weighted by molar-refractivity contribution is 0.154. The fourth-order valence-corrected chi connectivity index (χ4v) is 2.00. The molecule has 1 rings (SSSR count). The fourth-order valence-electron chi connectivity index (χ4n) is 1.26. The molecule has 16 heavy (non-hydrogen) atoms. The Morgan fingerprint density at radius 2 is 2.12 bits per heavy atom. The van der Waals surface area contributed by atoms with Gasteiger partial charge >= 0.3 is 0 Å². The predicted molar refractivity (Wildman–Crippen MR) is 67.5 cm³/mol. The van der Waals surface area contributed by atoms with Gasteiger partial charge in [0, 0.05) is 20.2 Å². The van der Waals surface area contributed by atoms with E-state index in [0.717, 1.165) is 18.2 Å². The van der Waals surface area contributed by atoms with Gasteiger partial charge in [0.15, 0.2) is 16.6 Å².